The van der Waals surface area contributed by atoms with Crippen molar-refractivity contribution in [1.29, 1.82) is 0 Å². The molecule has 0 unspecified atom stereocenters. The average Bonchev–Trinajstić information content (AvgIpc) is 2.82. The van der Waals surface area contributed by atoms with E-state index in [2.05, 4.69) is 27.4 Å². The SMILES string of the molecule is CC[C@H](NC(=O)[C@H](CC(N)=O)NC(=O)c1ccc2ccccc2n1)[Si](O)(O)CN1CCCC[C@H]1C. The number of nitrogens with two attached hydrogens (primary N) is 1. The van der Waals surface area contributed by atoms with Gasteiger partial charge in [0.25, 0.3) is 5.91 Å². The molecule has 0 saturated carbocycles. The average molecular weight is 502 g/mol. The minimum Gasteiger partial charge on any atom is -0.409 e. The Morgan fingerprint density at radius 1 is 1.17 bits per heavy atom. The Bertz CT molecular complexity index is 1070. The zero-order chi connectivity index (χ0) is 25.6. The highest BCUT2D eigenvalue weighted by Gasteiger charge is 2.43. The van der Waals surface area contributed by atoms with Crippen LogP contribution < -0.4 is 16.4 Å². The van der Waals surface area contributed by atoms with Crippen LogP contribution >= 0.6 is 0 Å². The summed E-state index contributed by atoms with van der Waals surface area (Å²) in [5.41, 5.74) is 5.15. The Hall–Kier alpha value is -2.86. The molecule has 2 aromatic rings. The van der Waals surface area contributed by atoms with Crippen LogP contribution in [0.1, 0.15) is 56.4 Å². The fourth-order valence-corrected chi connectivity index (χ4v) is 6.77. The van der Waals surface area contributed by atoms with E-state index in [1.54, 1.807) is 25.1 Å². The number of para-hydroxylation sites is 1. The van der Waals surface area contributed by atoms with Crippen molar-refractivity contribution in [3.63, 3.8) is 0 Å². The quantitative estimate of drug-likeness (QED) is 0.296. The predicted octanol–water partition coefficient (Wildman–Crippen LogP) is 0.483. The van der Waals surface area contributed by atoms with Crippen LogP contribution in [0.3, 0.4) is 0 Å². The lowest BCUT2D eigenvalue weighted by atomic mass is 10.1. The number of rotatable bonds is 10. The molecule has 0 spiro atoms. The third kappa shape index (κ3) is 7.07. The number of likely N-dealkylation sites (tertiary alicyclic amines) is 1. The molecule has 3 rings (SSSR count). The lowest BCUT2D eigenvalue weighted by Crippen LogP contribution is -2.65. The molecule has 1 aromatic carbocycles. The van der Waals surface area contributed by atoms with Crippen LogP contribution in [-0.4, -0.2) is 76.2 Å². The number of nitrogens with zero attached hydrogens (tertiary/aromatic N) is 2. The third-order valence-electron chi connectivity index (χ3n) is 6.52. The molecule has 1 aliphatic heterocycles. The first-order valence-electron chi connectivity index (χ1n) is 12.0. The zero-order valence-corrected chi connectivity index (χ0v) is 21.2. The summed E-state index contributed by atoms with van der Waals surface area (Å²) in [7, 11) is -3.89. The van der Waals surface area contributed by atoms with Gasteiger partial charge in [-0.15, -0.1) is 0 Å². The second kappa shape index (κ2) is 11.7. The molecule has 6 N–H and O–H groups in total. The number of hydrogen-bond acceptors (Lipinski definition) is 7. The fraction of sp³-hybridized carbons (Fsp3) is 0.500. The highest BCUT2D eigenvalue weighted by molar-refractivity contribution is 6.66. The van der Waals surface area contributed by atoms with Crippen molar-refractivity contribution in [2.24, 2.45) is 5.73 Å². The topological polar surface area (TPSA) is 158 Å². The third-order valence-corrected chi connectivity index (χ3v) is 9.06. The molecule has 1 saturated heterocycles. The van der Waals surface area contributed by atoms with Gasteiger partial charge in [-0.05, 0) is 44.9 Å². The van der Waals surface area contributed by atoms with Crippen LogP contribution in [0.4, 0.5) is 0 Å². The monoisotopic (exact) mass is 501 g/mol. The molecule has 190 valence electrons. The molecule has 1 aliphatic rings. The van der Waals surface area contributed by atoms with E-state index in [0.717, 1.165) is 31.2 Å². The Labute approximate surface area is 206 Å². The lowest BCUT2D eigenvalue weighted by Gasteiger charge is -2.38. The number of primary amides is 1. The molecular formula is C24H35N5O5Si. The van der Waals surface area contributed by atoms with E-state index in [1.165, 1.54) is 6.07 Å². The van der Waals surface area contributed by atoms with E-state index in [1.807, 2.05) is 12.1 Å². The number of carbonyl (C=O) groups is 3. The van der Waals surface area contributed by atoms with Gasteiger partial charge in [0.2, 0.25) is 11.8 Å². The van der Waals surface area contributed by atoms with Crippen LogP contribution in [0.5, 0.6) is 0 Å². The van der Waals surface area contributed by atoms with Gasteiger partial charge in [0.05, 0.1) is 17.6 Å². The number of nitrogens with one attached hydrogen (secondary N) is 2. The minimum absolute atomic E-state index is 0.0881. The highest BCUT2D eigenvalue weighted by atomic mass is 28.4. The van der Waals surface area contributed by atoms with Gasteiger partial charge in [0.15, 0.2) is 0 Å². The molecule has 35 heavy (non-hydrogen) atoms. The number of benzene rings is 1. The van der Waals surface area contributed by atoms with Crippen molar-refractivity contribution in [3.8, 4) is 0 Å². The number of amides is 3. The van der Waals surface area contributed by atoms with Crippen LogP contribution in [0, 0.1) is 0 Å². The number of piperidine rings is 1. The van der Waals surface area contributed by atoms with Gasteiger partial charge in [-0.25, -0.2) is 4.98 Å². The zero-order valence-electron chi connectivity index (χ0n) is 20.2. The summed E-state index contributed by atoms with van der Waals surface area (Å²) in [5.74, 6) is -2.11. The van der Waals surface area contributed by atoms with Crippen LogP contribution in [-0.2, 0) is 9.59 Å². The van der Waals surface area contributed by atoms with Gasteiger partial charge in [0, 0.05) is 17.6 Å². The molecule has 3 amide bonds. The lowest BCUT2D eigenvalue weighted by molar-refractivity contribution is -0.127. The van der Waals surface area contributed by atoms with E-state index in [-0.39, 0.29) is 24.3 Å². The number of aromatic nitrogens is 1. The maximum absolute atomic E-state index is 13.1. The van der Waals surface area contributed by atoms with E-state index < -0.39 is 44.4 Å². The largest absolute Gasteiger partial charge is 0.409 e. The van der Waals surface area contributed by atoms with E-state index in [9.17, 15) is 24.0 Å². The molecule has 11 heteroatoms. The van der Waals surface area contributed by atoms with Crippen LogP contribution in [0.2, 0.25) is 0 Å². The maximum atomic E-state index is 13.1. The first kappa shape index (κ1) is 26.7. The maximum Gasteiger partial charge on any atom is 0.370 e. The van der Waals surface area contributed by atoms with Crippen LogP contribution in [0.25, 0.3) is 10.9 Å². The van der Waals surface area contributed by atoms with Crippen molar-refractivity contribution in [2.45, 2.75) is 63.7 Å². The molecule has 0 bridgehead atoms. The Morgan fingerprint density at radius 2 is 1.91 bits per heavy atom. The Kier molecular flexibility index (Phi) is 8.95. The summed E-state index contributed by atoms with van der Waals surface area (Å²) >= 11 is 0. The van der Waals surface area contributed by atoms with Crippen molar-refractivity contribution in [3.05, 3.63) is 42.1 Å². The van der Waals surface area contributed by atoms with Gasteiger partial charge < -0.3 is 26.0 Å². The van der Waals surface area contributed by atoms with Gasteiger partial charge in [-0.2, -0.15) is 0 Å². The van der Waals surface area contributed by atoms with Gasteiger partial charge in [-0.1, -0.05) is 37.6 Å². The molecular weight excluding hydrogens is 466 g/mol. The van der Waals surface area contributed by atoms with Gasteiger partial charge in [-0.3, -0.25) is 19.3 Å². The smallest absolute Gasteiger partial charge is 0.370 e. The van der Waals surface area contributed by atoms with E-state index in [4.69, 9.17) is 5.73 Å². The predicted molar refractivity (Wildman–Crippen MR) is 134 cm³/mol. The summed E-state index contributed by atoms with van der Waals surface area (Å²) in [6.45, 7) is 4.59. The summed E-state index contributed by atoms with van der Waals surface area (Å²) < 4.78 is 0. The molecule has 1 fully saturated rings. The number of pyridine rings is 1. The standard InChI is InChI=1S/C24H35N5O5Si/c1-3-22(35(33,34)15-29-13-7-6-8-16(29)2)28-24(32)20(14-21(25)30)27-23(31)19-12-11-17-9-4-5-10-18(17)26-19/h4-5,9-12,16,20,22,33-34H,3,6-8,13-15H2,1-2H3,(H2,25,30)(H,27,31)(H,28,32)/t16-,20+,22-/m1/s1. The number of fused-ring (bicyclic) bond motifs is 1. The number of hydrogen-bond donors (Lipinski definition) is 5. The molecule has 3 atom stereocenters. The summed E-state index contributed by atoms with van der Waals surface area (Å²) in [6, 6.07) is 9.52. The molecule has 1 aromatic heterocycles. The van der Waals surface area contributed by atoms with Crippen molar-refractivity contribution in [1.82, 2.24) is 20.5 Å². The molecule has 10 nitrogen and oxygen atoms in total. The second-order valence-electron chi connectivity index (χ2n) is 9.25. The normalized spacial score (nSPS) is 18.6. The van der Waals surface area contributed by atoms with Gasteiger partial charge >= 0.3 is 8.56 Å². The Morgan fingerprint density at radius 3 is 2.60 bits per heavy atom. The fourth-order valence-electron chi connectivity index (χ4n) is 4.45. The summed E-state index contributed by atoms with van der Waals surface area (Å²) in [6.07, 6.45) is 3.06. The van der Waals surface area contributed by atoms with Crippen molar-refractivity contribution >= 4 is 37.2 Å². The molecule has 2 heterocycles. The minimum atomic E-state index is -3.89. The summed E-state index contributed by atoms with van der Waals surface area (Å²) in [5, 5.41) is 6.04. The van der Waals surface area contributed by atoms with Crippen molar-refractivity contribution < 1.29 is 24.0 Å². The number of carbonyl (C=O) groups excluding carboxylic acids is 3. The van der Waals surface area contributed by atoms with Gasteiger partial charge in [0.1, 0.15) is 11.7 Å². The van der Waals surface area contributed by atoms with Crippen molar-refractivity contribution in [2.75, 3.05) is 12.7 Å². The first-order chi connectivity index (χ1) is 16.6. The first-order valence-corrected chi connectivity index (χ1v) is 14.2. The highest BCUT2D eigenvalue weighted by Crippen LogP contribution is 2.19. The van der Waals surface area contributed by atoms with E-state index in [0.29, 0.717) is 5.52 Å². The summed E-state index contributed by atoms with van der Waals surface area (Å²) in [4.78, 5) is 65.8. The van der Waals surface area contributed by atoms with E-state index >= 15 is 0 Å². The molecule has 0 radical (unpaired) electrons. The Balaban J connectivity index is 1.71. The molecule has 0 aliphatic carbocycles. The van der Waals surface area contributed by atoms with Crippen LogP contribution in [0.15, 0.2) is 36.4 Å². The second-order valence-corrected chi connectivity index (χ2v) is 12.0.